The highest BCUT2D eigenvalue weighted by Gasteiger charge is 2.15. The molecular weight excluding hydrogens is 320 g/mol. The van der Waals surface area contributed by atoms with Crippen LogP contribution in [-0.4, -0.2) is 38.1 Å². The third kappa shape index (κ3) is 3.33. The van der Waals surface area contributed by atoms with Crippen LogP contribution < -0.4 is 16.3 Å². The molecule has 3 aromatic rings. The van der Waals surface area contributed by atoms with Crippen molar-refractivity contribution in [2.24, 2.45) is 5.92 Å². The molecule has 2 aromatic heterocycles. The van der Waals surface area contributed by atoms with Crippen LogP contribution in [0.25, 0.3) is 16.7 Å². The fourth-order valence-corrected chi connectivity index (χ4v) is 2.56. The average Bonchev–Trinajstić information content (AvgIpc) is 2.94. The molecule has 0 spiro atoms. The Kier molecular flexibility index (Phi) is 4.43. The van der Waals surface area contributed by atoms with E-state index in [-0.39, 0.29) is 17.6 Å². The van der Waals surface area contributed by atoms with Crippen molar-refractivity contribution in [2.45, 2.75) is 33.7 Å². The molecule has 0 bridgehead atoms. The Morgan fingerprint density at radius 3 is 2.72 bits per heavy atom. The molecule has 3 rings (SSSR count). The SMILES string of the molecule is CC(C)CNC(=O)c1ccc2nc(NC(C)C)c3n[nH]c(=O)n3c2c1. The molecule has 0 fully saturated rings. The van der Waals surface area contributed by atoms with E-state index in [0.717, 1.165) is 0 Å². The molecule has 1 amide bonds. The number of aromatic nitrogens is 4. The van der Waals surface area contributed by atoms with Crippen molar-refractivity contribution in [3.63, 3.8) is 0 Å². The summed E-state index contributed by atoms with van der Waals surface area (Å²) in [5.74, 6) is 0.710. The van der Waals surface area contributed by atoms with Crippen molar-refractivity contribution in [1.82, 2.24) is 24.9 Å². The second-order valence-electron chi connectivity index (χ2n) is 6.75. The number of nitrogens with zero attached hydrogens (tertiary/aromatic N) is 3. The maximum Gasteiger partial charge on any atom is 0.348 e. The first kappa shape index (κ1) is 16.9. The van der Waals surface area contributed by atoms with Crippen molar-refractivity contribution >= 4 is 28.4 Å². The molecule has 0 atom stereocenters. The van der Waals surface area contributed by atoms with Crippen molar-refractivity contribution in [3.8, 4) is 0 Å². The predicted octanol–water partition coefficient (Wildman–Crippen LogP) is 1.78. The van der Waals surface area contributed by atoms with Gasteiger partial charge in [-0.2, -0.15) is 0 Å². The first-order valence-corrected chi connectivity index (χ1v) is 8.32. The summed E-state index contributed by atoms with van der Waals surface area (Å²) in [6.45, 7) is 8.61. The standard InChI is InChI=1S/C17H22N6O2/c1-9(2)8-18-16(24)11-5-6-12-13(7-11)23-15(21-22-17(23)25)14(20-12)19-10(3)4/h5-7,9-10H,8H2,1-4H3,(H,18,24)(H,19,20)(H,22,25). The fraction of sp³-hybridized carbons (Fsp3) is 0.412. The Hall–Kier alpha value is -2.90. The molecule has 0 saturated heterocycles. The Morgan fingerprint density at radius 2 is 2.04 bits per heavy atom. The van der Waals surface area contributed by atoms with Crippen LogP contribution in [0.4, 0.5) is 5.82 Å². The molecule has 0 aliphatic carbocycles. The number of aromatic amines is 1. The minimum atomic E-state index is -0.367. The lowest BCUT2D eigenvalue weighted by atomic mass is 10.1. The van der Waals surface area contributed by atoms with E-state index in [1.807, 2.05) is 27.7 Å². The second kappa shape index (κ2) is 6.54. The molecule has 0 unspecified atom stereocenters. The van der Waals surface area contributed by atoms with Gasteiger partial charge in [-0.3, -0.25) is 4.79 Å². The molecular formula is C17H22N6O2. The van der Waals surface area contributed by atoms with Gasteiger partial charge in [0.1, 0.15) is 0 Å². The zero-order chi connectivity index (χ0) is 18.1. The van der Waals surface area contributed by atoms with Gasteiger partial charge in [-0.25, -0.2) is 19.3 Å². The Balaban J connectivity index is 2.13. The molecule has 8 nitrogen and oxygen atoms in total. The number of fused-ring (bicyclic) bond motifs is 3. The first-order chi connectivity index (χ1) is 11.9. The Bertz CT molecular complexity index is 986. The normalized spacial score (nSPS) is 11.6. The summed E-state index contributed by atoms with van der Waals surface area (Å²) in [5.41, 5.74) is 1.67. The lowest BCUT2D eigenvalue weighted by molar-refractivity contribution is 0.0949. The van der Waals surface area contributed by atoms with Crippen molar-refractivity contribution in [1.29, 1.82) is 0 Å². The van der Waals surface area contributed by atoms with E-state index < -0.39 is 0 Å². The lowest BCUT2D eigenvalue weighted by Crippen LogP contribution is -2.27. The van der Waals surface area contributed by atoms with Gasteiger partial charge in [0, 0.05) is 18.2 Å². The minimum Gasteiger partial charge on any atom is -0.365 e. The van der Waals surface area contributed by atoms with Crippen LogP contribution in [0.1, 0.15) is 38.1 Å². The highest BCUT2D eigenvalue weighted by molar-refractivity contribution is 5.98. The maximum atomic E-state index is 12.3. The summed E-state index contributed by atoms with van der Waals surface area (Å²) in [5, 5.41) is 12.6. The maximum absolute atomic E-state index is 12.3. The predicted molar refractivity (Wildman–Crippen MR) is 97.0 cm³/mol. The van der Waals surface area contributed by atoms with Gasteiger partial charge in [0.25, 0.3) is 5.91 Å². The fourth-order valence-electron chi connectivity index (χ4n) is 2.56. The van der Waals surface area contributed by atoms with Gasteiger partial charge in [-0.05, 0) is 38.0 Å². The third-order valence-corrected chi connectivity index (χ3v) is 3.69. The van der Waals surface area contributed by atoms with Crippen molar-refractivity contribution < 1.29 is 4.79 Å². The van der Waals surface area contributed by atoms with E-state index in [4.69, 9.17) is 0 Å². The first-order valence-electron chi connectivity index (χ1n) is 8.32. The minimum absolute atomic E-state index is 0.140. The van der Waals surface area contributed by atoms with Crippen LogP contribution in [0, 0.1) is 5.92 Å². The van der Waals surface area contributed by atoms with E-state index in [1.54, 1.807) is 18.2 Å². The summed E-state index contributed by atoms with van der Waals surface area (Å²) in [4.78, 5) is 29.1. The number of H-pyrrole nitrogens is 1. The number of rotatable bonds is 5. The number of hydrogen-bond acceptors (Lipinski definition) is 5. The van der Waals surface area contributed by atoms with Gasteiger partial charge >= 0.3 is 5.69 Å². The van der Waals surface area contributed by atoms with Crippen LogP contribution in [0.3, 0.4) is 0 Å². The molecule has 3 N–H and O–H groups in total. The van der Waals surface area contributed by atoms with E-state index in [9.17, 15) is 9.59 Å². The monoisotopic (exact) mass is 342 g/mol. The smallest absolute Gasteiger partial charge is 0.348 e. The quantitative estimate of drug-likeness (QED) is 0.655. The molecule has 1 aromatic carbocycles. The number of carbonyl (C=O) groups excluding carboxylic acids is 1. The van der Waals surface area contributed by atoms with E-state index in [2.05, 4.69) is 25.8 Å². The van der Waals surface area contributed by atoms with Gasteiger partial charge in [0.15, 0.2) is 5.82 Å². The van der Waals surface area contributed by atoms with Crippen molar-refractivity contribution in [3.05, 3.63) is 34.2 Å². The number of anilines is 1. The van der Waals surface area contributed by atoms with Crippen molar-refractivity contribution in [2.75, 3.05) is 11.9 Å². The molecule has 132 valence electrons. The average molecular weight is 342 g/mol. The topological polar surface area (TPSA) is 104 Å². The number of carbonyl (C=O) groups is 1. The van der Waals surface area contributed by atoms with Crippen LogP contribution in [0.15, 0.2) is 23.0 Å². The summed E-state index contributed by atoms with van der Waals surface area (Å²) >= 11 is 0. The highest BCUT2D eigenvalue weighted by atomic mass is 16.2. The molecule has 0 saturated carbocycles. The van der Waals surface area contributed by atoms with Gasteiger partial charge in [-0.1, -0.05) is 13.8 Å². The van der Waals surface area contributed by atoms with E-state index >= 15 is 0 Å². The highest BCUT2D eigenvalue weighted by Crippen LogP contribution is 2.20. The van der Waals surface area contributed by atoms with Gasteiger partial charge < -0.3 is 10.6 Å². The summed E-state index contributed by atoms with van der Waals surface area (Å²) in [6.07, 6.45) is 0. The molecule has 2 heterocycles. The second-order valence-corrected chi connectivity index (χ2v) is 6.75. The third-order valence-electron chi connectivity index (χ3n) is 3.69. The summed E-state index contributed by atoms with van der Waals surface area (Å²) in [7, 11) is 0. The zero-order valence-electron chi connectivity index (χ0n) is 14.8. The summed E-state index contributed by atoms with van der Waals surface area (Å²) < 4.78 is 1.44. The van der Waals surface area contributed by atoms with Gasteiger partial charge in [0.2, 0.25) is 5.65 Å². The summed E-state index contributed by atoms with van der Waals surface area (Å²) in [6, 6.07) is 5.26. The van der Waals surface area contributed by atoms with Crippen LogP contribution in [0.2, 0.25) is 0 Å². The largest absolute Gasteiger partial charge is 0.365 e. The number of benzene rings is 1. The Labute approximate surface area is 144 Å². The van der Waals surface area contributed by atoms with E-state index in [1.165, 1.54) is 4.40 Å². The lowest BCUT2D eigenvalue weighted by Gasteiger charge is -2.12. The Morgan fingerprint density at radius 1 is 1.28 bits per heavy atom. The van der Waals surface area contributed by atoms with Gasteiger partial charge in [-0.15, -0.1) is 5.10 Å². The van der Waals surface area contributed by atoms with E-state index in [0.29, 0.717) is 40.5 Å². The molecule has 8 heteroatoms. The number of nitrogens with one attached hydrogen (secondary N) is 3. The molecule has 0 aliphatic heterocycles. The molecule has 25 heavy (non-hydrogen) atoms. The van der Waals surface area contributed by atoms with Crippen LogP contribution in [-0.2, 0) is 0 Å². The number of amides is 1. The molecule has 0 radical (unpaired) electrons. The van der Waals surface area contributed by atoms with Crippen LogP contribution in [0.5, 0.6) is 0 Å². The molecule has 0 aliphatic rings. The zero-order valence-corrected chi connectivity index (χ0v) is 14.8. The van der Waals surface area contributed by atoms with Gasteiger partial charge in [0.05, 0.1) is 11.0 Å². The number of hydrogen-bond donors (Lipinski definition) is 3. The van der Waals surface area contributed by atoms with Crippen LogP contribution >= 0.6 is 0 Å².